The summed E-state index contributed by atoms with van der Waals surface area (Å²) < 4.78 is 6.09. The number of hydrogen-bond acceptors (Lipinski definition) is 6. The number of hydrogen-bond donors (Lipinski definition) is 1. The fraction of sp³-hybridized carbons (Fsp3) is 0.207. The Morgan fingerprint density at radius 2 is 1.69 bits per heavy atom. The number of aromatic nitrogens is 1. The van der Waals surface area contributed by atoms with Crippen molar-refractivity contribution in [3.05, 3.63) is 95.8 Å². The van der Waals surface area contributed by atoms with Crippen molar-refractivity contribution in [1.29, 1.82) is 0 Å². The van der Waals surface area contributed by atoms with E-state index in [1.54, 1.807) is 36.7 Å². The first-order chi connectivity index (χ1) is 17.0. The number of carbonyl (C=O) groups excluding carboxylic acids is 2. The number of ether oxygens (including phenoxy) is 1. The van der Waals surface area contributed by atoms with E-state index < -0.39 is 0 Å². The minimum Gasteiger partial charge on any atom is -0.508 e. The number of allylic oxidation sites excluding steroid dienone is 2. The second-order valence-electron chi connectivity index (χ2n) is 7.91. The Labute approximate surface area is 206 Å². The lowest BCUT2D eigenvalue weighted by Crippen LogP contribution is -2.21. The van der Waals surface area contributed by atoms with Gasteiger partial charge in [-0.05, 0) is 68.0 Å². The molecule has 0 aliphatic heterocycles. The Kier molecular flexibility index (Phi) is 9.37. The van der Waals surface area contributed by atoms with Gasteiger partial charge in [-0.2, -0.15) is 0 Å². The molecule has 0 aliphatic rings. The van der Waals surface area contributed by atoms with Gasteiger partial charge in [0.25, 0.3) is 0 Å². The van der Waals surface area contributed by atoms with E-state index in [0.717, 1.165) is 35.5 Å². The van der Waals surface area contributed by atoms with Crippen LogP contribution in [0.4, 0.5) is 5.69 Å². The molecule has 0 atom stereocenters. The third kappa shape index (κ3) is 7.96. The maximum atomic E-state index is 12.4. The van der Waals surface area contributed by atoms with Crippen LogP contribution in [0.1, 0.15) is 37.0 Å². The van der Waals surface area contributed by atoms with Crippen LogP contribution in [0.2, 0.25) is 0 Å². The number of carbonyl (C=O) groups is 2. The number of ketones is 2. The van der Waals surface area contributed by atoms with E-state index in [4.69, 9.17) is 4.74 Å². The van der Waals surface area contributed by atoms with E-state index in [1.165, 1.54) is 24.3 Å². The van der Waals surface area contributed by atoms with Crippen LogP contribution in [0.3, 0.4) is 0 Å². The predicted octanol–water partition coefficient (Wildman–Crippen LogP) is 5.47. The van der Waals surface area contributed by atoms with Crippen LogP contribution in [0, 0.1) is 0 Å². The number of phenols is 1. The van der Waals surface area contributed by atoms with Crippen LogP contribution in [0.5, 0.6) is 11.5 Å². The molecule has 1 aromatic heterocycles. The summed E-state index contributed by atoms with van der Waals surface area (Å²) in [6.45, 7) is 6.28. The maximum Gasteiger partial charge on any atom is 0.163 e. The molecule has 3 rings (SSSR count). The highest BCUT2D eigenvalue weighted by Gasteiger charge is 2.09. The van der Waals surface area contributed by atoms with Gasteiger partial charge in [-0.15, -0.1) is 0 Å². The molecule has 0 amide bonds. The van der Waals surface area contributed by atoms with Gasteiger partial charge in [-0.1, -0.05) is 24.3 Å². The molecule has 1 N–H and O–H groups in total. The number of aromatic hydroxyl groups is 1. The van der Waals surface area contributed by atoms with Crippen molar-refractivity contribution in [3.8, 4) is 11.5 Å². The molecule has 0 saturated carbocycles. The van der Waals surface area contributed by atoms with Gasteiger partial charge in [0.1, 0.15) is 18.1 Å². The lowest BCUT2D eigenvalue weighted by atomic mass is 10.1. The zero-order valence-corrected chi connectivity index (χ0v) is 20.1. The summed E-state index contributed by atoms with van der Waals surface area (Å²) in [4.78, 5) is 30.9. The van der Waals surface area contributed by atoms with Crippen LogP contribution >= 0.6 is 0 Å². The summed E-state index contributed by atoms with van der Waals surface area (Å²) in [5.41, 5.74) is 3.50. The molecule has 0 bridgehead atoms. The van der Waals surface area contributed by atoms with E-state index in [-0.39, 0.29) is 23.7 Å². The summed E-state index contributed by atoms with van der Waals surface area (Å²) in [6, 6.07) is 16.1. The number of phenolic OH excluding ortho intramolecular Hbond substituents is 1. The average molecular weight is 471 g/mol. The molecule has 0 radical (unpaired) electrons. The standard InChI is InChI=1S/C29H30N2O4/c1-3-31(4-2)25-12-10-24(29(18-25)35-21-23-6-5-17-30-20-23)11-16-28(34)19-27(33)15-9-22-7-13-26(32)14-8-22/h5-18,20,32H,3-4,19,21H2,1-2H3. The van der Waals surface area contributed by atoms with E-state index in [9.17, 15) is 14.7 Å². The van der Waals surface area contributed by atoms with Crippen molar-refractivity contribution >= 4 is 29.4 Å². The Morgan fingerprint density at radius 1 is 0.971 bits per heavy atom. The van der Waals surface area contributed by atoms with Crippen molar-refractivity contribution in [2.45, 2.75) is 26.9 Å². The highest BCUT2D eigenvalue weighted by molar-refractivity contribution is 6.11. The molecule has 35 heavy (non-hydrogen) atoms. The molecular weight excluding hydrogens is 440 g/mol. The molecule has 6 nitrogen and oxygen atoms in total. The molecule has 0 spiro atoms. The van der Waals surface area contributed by atoms with Crippen molar-refractivity contribution in [3.63, 3.8) is 0 Å². The largest absolute Gasteiger partial charge is 0.508 e. The monoisotopic (exact) mass is 470 g/mol. The van der Waals surface area contributed by atoms with Gasteiger partial charge in [0.05, 0.1) is 6.42 Å². The van der Waals surface area contributed by atoms with Gasteiger partial charge in [-0.3, -0.25) is 14.6 Å². The summed E-state index contributed by atoms with van der Waals surface area (Å²) in [5.74, 6) is 0.220. The summed E-state index contributed by atoms with van der Waals surface area (Å²) >= 11 is 0. The fourth-order valence-electron chi connectivity index (χ4n) is 3.46. The van der Waals surface area contributed by atoms with E-state index in [1.807, 2.05) is 30.3 Å². The number of benzene rings is 2. The summed E-state index contributed by atoms with van der Waals surface area (Å²) in [7, 11) is 0. The van der Waals surface area contributed by atoms with Crippen molar-refractivity contribution < 1.29 is 19.4 Å². The van der Waals surface area contributed by atoms with Crippen molar-refractivity contribution in [2.24, 2.45) is 0 Å². The number of nitrogens with zero attached hydrogens (tertiary/aromatic N) is 2. The molecule has 0 saturated heterocycles. The molecule has 0 aliphatic carbocycles. The van der Waals surface area contributed by atoms with Crippen LogP contribution in [0.15, 0.2) is 79.1 Å². The lowest BCUT2D eigenvalue weighted by Gasteiger charge is -2.22. The topological polar surface area (TPSA) is 79.7 Å². The highest BCUT2D eigenvalue weighted by Crippen LogP contribution is 2.28. The summed E-state index contributed by atoms with van der Waals surface area (Å²) in [5, 5.41) is 9.33. The van der Waals surface area contributed by atoms with Gasteiger partial charge in [0.15, 0.2) is 11.6 Å². The Hall–Kier alpha value is -4.19. The van der Waals surface area contributed by atoms with Gasteiger partial charge in [0.2, 0.25) is 0 Å². The Balaban J connectivity index is 1.70. The molecule has 1 heterocycles. The highest BCUT2D eigenvalue weighted by atomic mass is 16.5. The van der Waals surface area contributed by atoms with E-state index in [0.29, 0.717) is 12.4 Å². The molecule has 6 heteroatoms. The zero-order valence-electron chi connectivity index (χ0n) is 20.1. The number of rotatable bonds is 12. The first-order valence-corrected chi connectivity index (χ1v) is 11.6. The minimum absolute atomic E-state index is 0.155. The maximum absolute atomic E-state index is 12.4. The third-order valence-electron chi connectivity index (χ3n) is 5.39. The molecule has 3 aromatic rings. The third-order valence-corrected chi connectivity index (χ3v) is 5.39. The summed E-state index contributed by atoms with van der Waals surface area (Å²) in [6.07, 6.45) is 9.33. The normalized spacial score (nSPS) is 11.1. The zero-order chi connectivity index (χ0) is 25.0. The Morgan fingerprint density at radius 3 is 2.34 bits per heavy atom. The Bertz CT molecular complexity index is 1180. The van der Waals surface area contributed by atoms with Gasteiger partial charge < -0.3 is 14.7 Å². The van der Waals surface area contributed by atoms with Gasteiger partial charge >= 0.3 is 0 Å². The van der Waals surface area contributed by atoms with Gasteiger partial charge in [-0.25, -0.2) is 0 Å². The second-order valence-corrected chi connectivity index (χ2v) is 7.91. The molecule has 0 unspecified atom stereocenters. The minimum atomic E-state index is -0.295. The van der Waals surface area contributed by atoms with Crippen LogP contribution in [-0.2, 0) is 16.2 Å². The lowest BCUT2D eigenvalue weighted by molar-refractivity contribution is -0.121. The first-order valence-electron chi connectivity index (χ1n) is 11.6. The molecule has 2 aromatic carbocycles. The first kappa shape index (κ1) is 25.4. The van der Waals surface area contributed by atoms with Gasteiger partial charge in [0, 0.05) is 48.4 Å². The van der Waals surface area contributed by atoms with E-state index in [2.05, 4.69) is 23.7 Å². The van der Waals surface area contributed by atoms with Crippen LogP contribution in [-0.4, -0.2) is 34.7 Å². The molecule has 0 fully saturated rings. The average Bonchev–Trinajstić information content (AvgIpc) is 2.88. The predicted molar refractivity (Wildman–Crippen MR) is 139 cm³/mol. The van der Waals surface area contributed by atoms with Crippen molar-refractivity contribution in [2.75, 3.05) is 18.0 Å². The smallest absolute Gasteiger partial charge is 0.163 e. The fourth-order valence-corrected chi connectivity index (χ4v) is 3.46. The number of anilines is 1. The quantitative estimate of drug-likeness (QED) is 0.279. The molecular formula is C29H30N2O4. The van der Waals surface area contributed by atoms with Crippen molar-refractivity contribution in [1.82, 2.24) is 4.98 Å². The SMILES string of the molecule is CCN(CC)c1ccc(C=CC(=O)CC(=O)C=Cc2ccc(O)cc2)c(OCc2cccnc2)c1. The number of pyridine rings is 1. The van der Waals surface area contributed by atoms with Crippen LogP contribution < -0.4 is 9.64 Å². The second kappa shape index (κ2) is 12.9. The van der Waals surface area contributed by atoms with Crippen LogP contribution in [0.25, 0.3) is 12.2 Å². The molecule has 180 valence electrons. The van der Waals surface area contributed by atoms with E-state index >= 15 is 0 Å².